The van der Waals surface area contributed by atoms with Crippen LogP contribution in [0.4, 0.5) is 0 Å². The monoisotopic (exact) mass is 241 g/mol. The number of fused-ring (bicyclic) bond motifs is 1. The van der Waals surface area contributed by atoms with Gasteiger partial charge in [-0.1, -0.05) is 6.92 Å². The second-order valence-electron chi connectivity index (χ2n) is 4.59. The smallest absolute Gasteiger partial charge is 0.183 e. The molecule has 3 rings (SSSR count). The first kappa shape index (κ1) is 11.1. The highest BCUT2D eigenvalue weighted by Gasteiger charge is 2.22. The van der Waals surface area contributed by atoms with E-state index in [9.17, 15) is 4.79 Å². The minimum absolute atomic E-state index is 0.144. The number of aryl methyl sites for hydroxylation is 2. The summed E-state index contributed by atoms with van der Waals surface area (Å²) >= 11 is 0. The third kappa shape index (κ3) is 1.83. The molecule has 2 heterocycles. The molecule has 2 aromatic rings. The van der Waals surface area contributed by atoms with Crippen LogP contribution in [0.1, 0.15) is 41.5 Å². The van der Waals surface area contributed by atoms with E-state index < -0.39 is 0 Å². The van der Waals surface area contributed by atoms with Crippen molar-refractivity contribution < 1.29 is 4.79 Å². The summed E-state index contributed by atoms with van der Waals surface area (Å²) in [4.78, 5) is 23.7. The molecule has 1 N–H and O–H groups in total. The highest BCUT2D eigenvalue weighted by Crippen LogP contribution is 2.23. The van der Waals surface area contributed by atoms with Gasteiger partial charge in [-0.15, -0.1) is 0 Å². The van der Waals surface area contributed by atoms with E-state index in [0.717, 1.165) is 30.7 Å². The van der Waals surface area contributed by atoms with Crippen molar-refractivity contribution in [1.82, 2.24) is 15.0 Å². The molecule has 0 saturated heterocycles. The first-order valence-electron chi connectivity index (χ1n) is 6.35. The molecule has 4 nitrogen and oxygen atoms in total. The SMILES string of the molecule is CCc1ccnc(-c2nc3c([nH]2)CCCC3=O)c1. The van der Waals surface area contributed by atoms with E-state index in [0.29, 0.717) is 17.9 Å². The fraction of sp³-hybridized carbons (Fsp3) is 0.357. The van der Waals surface area contributed by atoms with Crippen LogP contribution in [-0.2, 0) is 12.8 Å². The third-order valence-corrected chi connectivity index (χ3v) is 3.35. The summed E-state index contributed by atoms with van der Waals surface area (Å²) in [7, 11) is 0. The lowest BCUT2D eigenvalue weighted by molar-refractivity contribution is 0.0968. The Morgan fingerprint density at radius 1 is 1.39 bits per heavy atom. The van der Waals surface area contributed by atoms with Gasteiger partial charge in [-0.25, -0.2) is 4.98 Å². The fourth-order valence-corrected chi connectivity index (χ4v) is 2.31. The Hall–Kier alpha value is -1.97. The van der Waals surface area contributed by atoms with Crippen molar-refractivity contribution in [2.45, 2.75) is 32.6 Å². The van der Waals surface area contributed by atoms with Gasteiger partial charge in [0, 0.05) is 18.3 Å². The normalized spacial score (nSPS) is 14.6. The van der Waals surface area contributed by atoms with Gasteiger partial charge in [-0.3, -0.25) is 9.78 Å². The van der Waals surface area contributed by atoms with Crippen molar-refractivity contribution in [1.29, 1.82) is 0 Å². The molecule has 0 amide bonds. The molecular weight excluding hydrogens is 226 g/mol. The molecule has 1 aliphatic rings. The van der Waals surface area contributed by atoms with E-state index in [1.165, 1.54) is 5.56 Å². The van der Waals surface area contributed by atoms with Crippen LogP contribution in [0.25, 0.3) is 11.5 Å². The second kappa shape index (κ2) is 4.37. The summed E-state index contributed by atoms with van der Waals surface area (Å²) in [5.41, 5.74) is 3.61. The van der Waals surface area contributed by atoms with Crippen molar-refractivity contribution in [2.24, 2.45) is 0 Å². The summed E-state index contributed by atoms with van der Waals surface area (Å²) < 4.78 is 0. The van der Waals surface area contributed by atoms with Crippen molar-refractivity contribution >= 4 is 5.78 Å². The Labute approximate surface area is 105 Å². The molecular formula is C14H15N3O. The molecule has 0 atom stereocenters. The molecule has 2 aromatic heterocycles. The summed E-state index contributed by atoms with van der Waals surface area (Å²) in [5, 5.41) is 0. The molecule has 0 unspecified atom stereocenters. The van der Waals surface area contributed by atoms with E-state index >= 15 is 0 Å². The topological polar surface area (TPSA) is 58.6 Å². The number of hydrogen-bond donors (Lipinski definition) is 1. The largest absolute Gasteiger partial charge is 0.340 e. The van der Waals surface area contributed by atoms with Crippen LogP contribution in [0.15, 0.2) is 18.3 Å². The van der Waals surface area contributed by atoms with Gasteiger partial charge in [0.1, 0.15) is 11.4 Å². The van der Waals surface area contributed by atoms with E-state index in [4.69, 9.17) is 0 Å². The number of imidazole rings is 1. The number of aromatic nitrogens is 3. The molecule has 1 aliphatic carbocycles. The van der Waals surface area contributed by atoms with Crippen LogP contribution in [0.5, 0.6) is 0 Å². The van der Waals surface area contributed by atoms with Crippen molar-refractivity contribution in [3.05, 3.63) is 35.3 Å². The zero-order valence-electron chi connectivity index (χ0n) is 10.4. The van der Waals surface area contributed by atoms with Gasteiger partial charge in [-0.2, -0.15) is 0 Å². The number of hydrogen-bond acceptors (Lipinski definition) is 3. The van der Waals surface area contributed by atoms with Gasteiger partial charge in [-0.05, 0) is 37.0 Å². The van der Waals surface area contributed by atoms with E-state index in [2.05, 4.69) is 21.9 Å². The molecule has 18 heavy (non-hydrogen) atoms. The first-order chi connectivity index (χ1) is 8.78. The highest BCUT2D eigenvalue weighted by atomic mass is 16.1. The Bertz CT molecular complexity index is 601. The van der Waals surface area contributed by atoms with Gasteiger partial charge < -0.3 is 4.98 Å². The molecule has 92 valence electrons. The lowest BCUT2D eigenvalue weighted by atomic mass is 10.0. The molecule has 0 aromatic carbocycles. The van der Waals surface area contributed by atoms with Crippen LogP contribution >= 0.6 is 0 Å². The van der Waals surface area contributed by atoms with Crippen LogP contribution in [0.2, 0.25) is 0 Å². The van der Waals surface area contributed by atoms with Crippen molar-refractivity contribution in [2.75, 3.05) is 0 Å². The molecule has 0 radical (unpaired) electrons. The number of carbonyl (C=O) groups excluding carboxylic acids is 1. The van der Waals surface area contributed by atoms with Crippen LogP contribution in [-0.4, -0.2) is 20.7 Å². The number of aromatic amines is 1. The van der Waals surface area contributed by atoms with Crippen molar-refractivity contribution in [3.8, 4) is 11.5 Å². The third-order valence-electron chi connectivity index (χ3n) is 3.35. The maximum absolute atomic E-state index is 11.8. The van der Waals surface area contributed by atoms with Crippen molar-refractivity contribution in [3.63, 3.8) is 0 Å². The van der Waals surface area contributed by atoms with E-state index in [1.807, 2.05) is 12.1 Å². The van der Waals surface area contributed by atoms with E-state index in [-0.39, 0.29) is 5.78 Å². The lowest BCUT2D eigenvalue weighted by Gasteiger charge is -2.06. The summed E-state index contributed by atoms with van der Waals surface area (Å²) in [6, 6.07) is 4.02. The number of rotatable bonds is 2. The number of nitrogens with zero attached hydrogens (tertiary/aromatic N) is 2. The molecule has 0 bridgehead atoms. The molecule has 4 heteroatoms. The number of ketones is 1. The van der Waals surface area contributed by atoms with Gasteiger partial charge in [0.05, 0.1) is 0 Å². The van der Waals surface area contributed by atoms with Crippen LogP contribution < -0.4 is 0 Å². The maximum Gasteiger partial charge on any atom is 0.183 e. The summed E-state index contributed by atoms with van der Waals surface area (Å²) in [6.07, 6.45) is 5.18. The summed E-state index contributed by atoms with van der Waals surface area (Å²) in [5.74, 6) is 0.857. The maximum atomic E-state index is 11.8. The number of nitrogens with one attached hydrogen (secondary N) is 1. The fourth-order valence-electron chi connectivity index (χ4n) is 2.31. The van der Waals surface area contributed by atoms with E-state index in [1.54, 1.807) is 6.20 Å². The second-order valence-corrected chi connectivity index (χ2v) is 4.59. The number of Topliss-reactive ketones (excluding diaryl/α,β-unsaturated/α-hetero) is 1. The predicted octanol–water partition coefficient (Wildman–Crippen LogP) is 2.55. The molecule has 0 aliphatic heterocycles. The van der Waals surface area contributed by atoms with Gasteiger partial charge in [0.15, 0.2) is 11.6 Å². The first-order valence-corrected chi connectivity index (χ1v) is 6.35. The Morgan fingerprint density at radius 3 is 3.06 bits per heavy atom. The summed E-state index contributed by atoms with van der Waals surface area (Å²) in [6.45, 7) is 2.11. The quantitative estimate of drug-likeness (QED) is 0.879. The average molecular weight is 241 g/mol. The molecule has 0 saturated carbocycles. The Kier molecular flexibility index (Phi) is 2.70. The Morgan fingerprint density at radius 2 is 2.28 bits per heavy atom. The number of pyridine rings is 1. The standard InChI is InChI=1S/C14H15N3O/c1-2-9-6-7-15-11(8-9)14-16-10-4-3-5-12(18)13(10)17-14/h6-8H,2-5H2,1H3,(H,16,17). The van der Waals surface area contributed by atoms with Crippen LogP contribution in [0.3, 0.4) is 0 Å². The number of H-pyrrole nitrogens is 1. The number of carbonyl (C=O) groups is 1. The van der Waals surface area contributed by atoms with Crippen LogP contribution in [0, 0.1) is 0 Å². The predicted molar refractivity (Wildman–Crippen MR) is 68.5 cm³/mol. The minimum Gasteiger partial charge on any atom is -0.340 e. The lowest BCUT2D eigenvalue weighted by Crippen LogP contribution is -2.09. The molecule has 0 fully saturated rings. The zero-order chi connectivity index (χ0) is 12.5. The highest BCUT2D eigenvalue weighted by molar-refractivity contribution is 5.96. The van der Waals surface area contributed by atoms with Gasteiger partial charge in [0.25, 0.3) is 0 Å². The molecule has 0 spiro atoms. The Balaban J connectivity index is 2.04. The minimum atomic E-state index is 0.144. The van der Waals surface area contributed by atoms with Gasteiger partial charge in [0.2, 0.25) is 0 Å². The zero-order valence-corrected chi connectivity index (χ0v) is 10.4. The average Bonchev–Trinajstić information content (AvgIpc) is 2.84. The van der Waals surface area contributed by atoms with Gasteiger partial charge >= 0.3 is 0 Å².